The van der Waals surface area contributed by atoms with Gasteiger partial charge in [0.1, 0.15) is 0 Å². The summed E-state index contributed by atoms with van der Waals surface area (Å²) in [5.41, 5.74) is 10.1. The van der Waals surface area contributed by atoms with E-state index in [2.05, 4.69) is 29.2 Å². The molecular weight excluding hydrogens is 236 g/mol. The Hall–Kier alpha value is -0.160. The lowest BCUT2D eigenvalue weighted by Gasteiger charge is -2.45. The number of likely N-dealkylation sites (tertiary alicyclic amines) is 1. The molecule has 3 N–H and O–H groups in total. The summed E-state index contributed by atoms with van der Waals surface area (Å²) < 4.78 is 0. The van der Waals surface area contributed by atoms with E-state index in [1.807, 2.05) is 0 Å². The molecule has 0 aromatic rings. The van der Waals surface area contributed by atoms with Gasteiger partial charge in [0, 0.05) is 37.8 Å². The van der Waals surface area contributed by atoms with E-state index < -0.39 is 0 Å². The van der Waals surface area contributed by atoms with E-state index in [1.165, 1.54) is 45.1 Å². The monoisotopic (exact) mass is 266 g/mol. The lowest BCUT2D eigenvalue weighted by atomic mass is 9.96. The Bertz CT molecular complexity index is 307. The van der Waals surface area contributed by atoms with Crippen LogP contribution in [0.2, 0.25) is 0 Å². The molecule has 0 spiro atoms. The molecule has 1 aliphatic carbocycles. The molecule has 110 valence electrons. The second kappa shape index (κ2) is 5.32. The lowest BCUT2D eigenvalue weighted by Crippen LogP contribution is -2.64. The highest BCUT2D eigenvalue weighted by Crippen LogP contribution is 2.34. The van der Waals surface area contributed by atoms with Gasteiger partial charge in [-0.25, -0.2) is 10.4 Å². The van der Waals surface area contributed by atoms with Crippen LogP contribution in [0.25, 0.3) is 0 Å². The molecule has 3 fully saturated rings. The first-order chi connectivity index (χ1) is 9.13. The number of hydrogen-bond acceptors (Lipinski definition) is 4. The van der Waals surface area contributed by atoms with E-state index in [0.29, 0.717) is 12.1 Å². The maximum atomic E-state index is 6.14. The van der Waals surface area contributed by atoms with Gasteiger partial charge in [-0.2, -0.15) is 0 Å². The number of hydrogen-bond donors (Lipinski definition) is 2. The Morgan fingerprint density at radius 1 is 1.16 bits per heavy atom. The third-order valence-electron chi connectivity index (χ3n) is 5.40. The SMILES string of the molecule is CC1CCCC(C)N1NC1(CN)CCN(C2CC2)C1. The minimum atomic E-state index is 0.127. The third kappa shape index (κ3) is 2.82. The quantitative estimate of drug-likeness (QED) is 0.805. The van der Waals surface area contributed by atoms with Gasteiger partial charge in [-0.1, -0.05) is 6.42 Å². The zero-order valence-corrected chi connectivity index (χ0v) is 12.6. The molecule has 0 aromatic heterocycles. The van der Waals surface area contributed by atoms with E-state index in [1.54, 1.807) is 0 Å². The Balaban J connectivity index is 1.65. The molecule has 0 radical (unpaired) electrons. The molecule has 4 nitrogen and oxygen atoms in total. The van der Waals surface area contributed by atoms with E-state index in [0.717, 1.165) is 19.1 Å². The van der Waals surface area contributed by atoms with Gasteiger partial charge in [0.25, 0.3) is 0 Å². The van der Waals surface area contributed by atoms with Gasteiger partial charge in [-0.3, -0.25) is 4.90 Å². The number of piperidine rings is 1. The molecule has 2 saturated heterocycles. The van der Waals surface area contributed by atoms with Crippen molar-refractivity contribution in [3.63, 3.8) is 0 Å². The molecule has 3 rings (SSSR count). The molecule has 1 saturated carbocycles. The Morgan fingerprint density at radius 2 is 1.84 bits per heavy atom. The summed E-state index contributed by atoms with van der Waals surface area (Å²) in [4.78, 5) is 2.65. The second-order valence-electron chi connectivity index (χ2n) is 7.08. The highest BCUT2D eigenvalue weighted by molar-refractivity contribution is 5.02. The number of hydrazine groups is 1. The highest BCUT2D eigenvalue weighted by atomic mass is 15.6. The fourth-order valence-corrected chi connectivity index (χ4v) is 3.87. The Morgan fingerprint density at radius 3 is 2.42 bits per heavy atom. The average molecular weight is 266 g/mol. The molecule has 3 atom stereocenters. The van der Waals surface area contributed by atoms with Crippen LogP contribution in [-0.2, 0) is 0 Å². The molecule has 2 heterocycles. The first-order valence-corrected chi connectivity index (χ1v) is 8.14. The summed E-state index contributed by atoms with van der Waals surface area (Å²) in [6, 6.07) is 2.15. The number of nitrogens with two attached hydrogens (primary N) is 1. The van der Waals surface area contributed by atoms with Crippen molar-refractivity contribution in [1.29, 1.82) is 0 Å². The highest BCUT2D eigenvalue weighted by Gasteiger charge is 2.44. The average Bonchev–Trinajstić information content (AvgIpc) is 3.16. The van der Waals surface area contributed by atoms with Crippen LogP contribution >= 0.6 is 0 Å². The number of nitrogens with one attached hydrogen (secondary N) is 1. The molecule has 19 heavy (non-hydrogen) atoms. The van der Waals surface area contributed by atoms with Crippen molar-refractivity contribution in [2.45, 2.75) is 76.0 Å². The molecular formula is C15H30N4. The van der Waals surface area contributed by atoms with Gasteiger partial charge in [-0.15, -0.1) is 0 Å². The molecule has 2 aliphatic heterocycles. The fraction of sp³-hybridized carbons (Fsp3) is 1.00. The molecule has 3 unspecified atom stereocenters. The molecule has 0 amide bonds. The summed E-state index contributed by atoms with van der Waals surface area (Å²) in [7, 11) is 0. The van der Waals surface area contributed by atoms with Gasteiger partial charge >= 0.3 is 0 Å². The van der Waals surface area contributed by atoms with Gasteiger partial charge in [0.15, 0.2) is 0 Å². The van der Waals surface area contributed by atoms with Crippen LogP contribution in [0.15, 0.2) is 0 Å². The molecule has 0 aromatic carbocycles. The van der Waals surface area contributed by atoms with Crippen molar-refractivity contribution in [1.82, 2.24) is 15.3 Å². The number of nitrogens with zero attached hydrogens (tertiary/aromatic N) is 2. The van der Waals surface area contributed by atoms with E-state index >= 15 is 0 Å². The van der Waals surface area contributed by atoms with Crippen molar-refractivity contribution < 1.29 is 0 Å². The summed E-state index contributed by atoms with van der Waals surface area (Å²) in [6.45, 7) is 7.82. The van der Waals surface area contributed by atoms with Crippen molar-refractivity contribution >= 4 is 0 Å². The summed E-state index contributed by atoms with van der Waals surface area (Å²) in [5.74, 6) is 0. The molecule has 0 bridgehead atoms. The summed E-state index contributed by atoms with van der Waals surface area (Å²) in [6.07, 6.45) is 7.99. The topological polar surface area (TPSA) is 44.5 Å². The lowest BCUT2D eigenvalue weighted by molar-refractivity contribution is 0.00402. The minimum absolute atomic E-state index is 0.127. The zero-order valence-electron chi connectivity index (χ0n) is 12.6. The van der Waals surface area contributed by atoms with E-state index in [4.69, 9.17) is 5.73 Å². The van der Waals surface area contributed by atoms with Crippen LogP contribution in [0.1, 0.15) is 52.4 Å². The predicted molar refractivity (Wildman–Crippen MR) is 78.7 cm³/mol. The maximum absolute atomic E-state index is 6.14. The van der Waals surface area contributed by atoms with Gasteiger partial charge < -0.3 is 5.73 Å². The van der Waals surface area contributed by atoms with Crippen molar-refractivity contribution in [3.8, 4) is 0 Å². The normalized spacial score (nSPS) is 41.8. The van der Waals surface area contributed by atoms with E-state index in [9.17, 15) is 0 Å². The van der Waals surface area contributed by atoms with Crippen LogP contribution in [0, 0.1) is 0 Å². The smallest absolute Gasteiger partial charge is 0.0587 e. The zero-order chi connectivity index (χ0) is 13.5. The summed E-state index contributed by atoms with van der Waals surface area (Å²) >= 11 is 0. The van der Waals surface area contributed by atoms with E-state index in [-0.39, 0.29) is 5.54 Å². The molecule has 4 heteroatoms. The van der Waals surface area contributed by atoms with Gasteiger partial charge in [-0.05, 0) is 46.0 Å². The van der Waals surface area contributed by atoms with Gasteiger partial charge in [0.2, 0.25) is 0 Å². The third-order valence-corrected chi connectivity index (χ3v) is 5.40. The van der Waals surface area contributed by atoms with Crippen molar-refractivity contribution in [3.05, 3.63) is 0 Å². The standard InChI is InChI=1S/C15H30N4/c1-12-4-3-5-13(2)19(12)17-15(10-16)8-9-18(11-15)14-6-7-14/h12-14,17H,3-11,16H2,1-2H3. The van der Waals surface area contributed by atoms with Crippen molar-refractivity contribution in [2.75, 3.05) is 19.6 Å². The van der Waals surface area contributed by atoms with Crippen LogP contribution in [0.4, 0.5) is 0 Å². The molecule has 3 aliphatic rings. The summed E-state index contributed by atoms with van der Waals surface area (Å²) in [5, 5.41) is 2.51. The predicted octanol–water partition coefficient (Wildman–Crippen LogP) is 1.32. The Kier molecular flexibility index (Phi) is 3.87. The van der Waals surface area contributed by atoms with Crippen molar-refractivity contribution in [2.24, 2.45) is 5.73 Å². The maximum Gasteiger partial charge on any atom is 0.0587 e. The fourth-order valence-electron chi connectivity index (χ4n) is 3.87. The van der Waals surface area contributed by atoms with Crippen LogP contribution in [-0.4, -0.2) is 53.2 Å². The minimum Gasteiger partial charge on any atom is -0.329 e. The first-order valence-electron chi connectivity index (χ1n) is 8.14. The first kappa shape index (κ1) is 13.8. The Labute approximate surface area is 117 Å². The number of rotatable bonds is 4. The largest absolute Gasteiger partial charge is 0.329 e. The van der Waals surface area contributed by atoms with Crippen LogP contribution in [0.3, 0.4) is 0 Å². The van der Waals surface area contributed by atoms with Crippen LogP contribution in [0.5, 0.6) is 0 Å². The van der Waals surface area contributed by atoms with Crippen LogP contribution < -0.4 is 11.2 Å². The van der Waals surface area contributed by atoms with Gasteiger partial charge in [0.05, 0.1) is 5.54 Å². The second-order valence-corrected chi connectivity index (χ2v) is 7.08.